The van der Waals surface area contributed by atoms with Crippen LogP contribution in [0.25, 0.3) is 33.2 Å². The first-order valence-corrected chi connectivity index (χ1v) is 12.6. The van der Waals surface area contributed by atoms with Gasteiger partial charge in [-0.1, -0.05) is 63.1 Å². The Labute approximate surface area is 211 Å². The molecule has 0 aliphatic rings. The molecule has 0 saturated heterocycles. The van der Waals surface area contributed by atoms with Gasteiger partial charge >= 0.3 is 11.9 Å². The summed E-state index contributed by atoms with van der Waals surface area (Å²) in [5, 5.41) is 1.61. The second kappa shape index (κ2) is 11.3. The third kappa shape index (κ3) is 5.54. The quantitative estimate of drug-likeness (QED) is 0.235. The molecule has 6 nitrogen and oxygen atoms in total. The minimum atomic E-state index is -0.488. The molecule has 4 rings (SSSR count). The van der Waals surface area contributed by atoms with Crippen molar-refractivity contribution in [2.45, 2.75) is 65.6 Å². The molecule has 6 heteroatoms. The minimum absolute atomic E-state index is 0.245. The zero-order chi connectivity index (χ0) is 25.7. The van der Waals surface area contributed by atoms with Crippen LogP contribution >= 0.6 is 0 Å². The molecule has 2 aromatic carbocycles. The highest BCUT2D eigenvalue weighted by molar-refractivity contribution is 6.05. The van der Waals surface area contributed by atoms with Crippen LogP contribution in [0, 0.1) is 0 Å². The Bertz CT molecular complexity index is 1290. The highest BCUT2D eigenvalue weighted by Crippen LogP contribution is 2.31. The molecule has 0 amide bonds. The van der Waals surface area contributed by atoms with Crippen molar-refractivity contribution < 1.29 is 19.1 Å². The van der Waals surface area contributed by atoms with Crippen LogP contribution in [0.15, 0.2) is 60.7 Å². The van der Waals surface area contributed by atoms with E-state index in [1.807, 2.05) is 76.2 Å². The molecule has 186 valence electrons. The van der Waals surface area contributed by atoms with Gasteiger partial charge in [0.15, 0.2) is 0 Å². The molecule has 36 heavy (non-hydrogen) atoms. The number of pyridine rings is 2. The predicted octanol–water partition coefficient (Wildman–Crippen LogP) is 7.14. The van der Waals surface area contributed by atoms with E-state index in [2.05, 4.69) is 0 Å². The fourth-order valence-electron chi connectivity index (χ4n) is 4.33. The molecule has 0 fully saturated rings. The number of benzene rings is 2. The van der Waals surface area contributed by atoms with Gasteiger partial charge in [-0.2, -0.15) is 0 Å². The smallest absolute Gasteiger partial charge is 0.340 e. The summed E-state index contributed by atoms with van der Waals surface area (Å²) in [6.07, 6.45) is 2.81. The van der Waals surface area contributed by atoms with Crippen molar-refractivity contribution in [2.75, 3.05) is 0 Å². The van der Waals surface area contributed by atoms with Crippen LogP contribution in [0.4, 0.5) is 0 Å². The summed E-state index contributed by atoms with van der Waals surface area (Å²) in [6, 6.07) is 18.6. The van der Waals surface area contributed by atoms with Gasteiger partial charge in [0.05, 0.1) is 34.4 Å². The van der Waals surface area contributed by atoms with Gasteiger partial charge in [0.25, 0.3) is 0 Å². The number of ether oxygens (including phenoxy) is 2. The van der Waals surface area contributed by atoms with E-state index in [9.17, 15) is 9.59 Å². The highest BCUT2D eigenvalue weighted by Gasteiger charge is 2.26. The Morgan fingerprint density at radius 1 is 0.694 bits per heavy atom. The predicted molar refractivity (Wildman–Crippen MR) is 142 cm³/mol. The SMILES string of the molecule is CCCC(C)OC(=O)c1cc2ccccc2nc1-c1nc2ccccc2cc1C(=O)OC(C)CCC. The number of para-hydroxylation sites is 2. The van der Waals surface area contributed by atoms with Gasteiger partial charge < -0.3 is 9.47 Å². The number of hydrogen-bond acceptors (Lipinski definition) is 6. The average Bonchev–Trinajstić information content (AvgIpc) is 2.87. The van der Waals surface area contributed by atoms with Crippen molar-refractivity contribution in [3.8, 4) is 11.4 Å². The van der Waals surface area contributed by atoms with Crippen molar-refractivity contribution in [3.63, 3.8) is 0 Å². The maximum Gasteiger partial charge on any atom is 0.340 e. The first kappa shape index (κ1) is 25.3. The summed E-state index contributed by atoms with van der Waals surface area (Å²) in [7, 11) is 0. The molecule has 0 radical (unpaired) electrons. The lowest BCUT2D eigenvalue weighted by Gasteiger charge is -2.17. The van der Waals surface area contributed by atoms with Gasteiger partial charge in [-0.15, -0.1) is 0 Å². The molecule has 4 aromatic rings. The molecule has 0 saturated carbocycles. The van der Waals surface area contributed by atoms with Gasteiger partial charge in [-0.05, 0) is 51.0 Å². The number of carbonyl (C=O) groups excluding carboxylic acids is 2. The summed E-state index contributed by atoms with van der Waals surface area (Å²) in [5.41, 5.74) is 2.55. The molecule has 0 bridgehead atoms. The minimum Gasteiger partial charge on any atom is -0.459 e. The van der Waals surface area contributed by atoms with E-state index in [0.29, 0.717) is 22.4 Å². The molecular weight excluding hydrogens is 452 g/mol. The number of rotatable bonds is 9. The Morgan fingerprint density at radius 2 is 1.08 bits per heavy atom. The number of aromatic nitrogens is 2. The van der Waals surface area contributed by atoms with Gasteiger partial charge in [-0.25, -0.2) is 19.6 Å². The van der Waals surface area contributed by atoms with Crippen molar-refractivity contribution in [1.82, 2.24) is 9.97 Å². The third-order valence-electron chi connectivity index (χ3n) is 6.12. The molecule has 2 unspecified atom stereocenters. The van der Waals surface area contributed by atoms with Crippen LogP contribution < -0.4 is 0 Å². The van der Waals surface area contributed by atoms with Crippen LogP contribution in [0.5, 0.6) is 0 Å². The van der Waals surface area contributed by atoms with Crippen molar-refractivity contribution >= 4 is 33.7 Å². The monoisotopic (exact) mass is 484 g/mol. The van der Waals surface area contributed by atoms with Gasteiger partial charge in [0, 0.05) is 10.8 Å². The standard InChI is InChI=1S/C30H32N2O4/c1-5-11-19(3)35-29(33)23-17-21-13-7-9-15-25(21)31-27(23)28-24(30(34)36-20(4)12-6-2)18-22-14-8-10-16-26(22)32-28/h7-10,13-20H,5-6,11-12H2,1-4H3. The summed E-state index contributed by atoms with van der Waals surface area (Å²) in [4.78, 5) is 36.4. The Hall–Kier alpha value is -3.80. The van der Waals surface area contributed by atoms with Crippen LogP contribution in [0.2, 0.25) is 0 Å². The summed E-state index contributed by atoms with van der Waals surface area (Å²) < 4.78 is 11.5. The highest BCUT2D eigenvalue weighted by atomic mass is 16.5. The summed E-state index contributed by atoms with van der Waals surface area (Å²) in [5.74, 6) is -0.976. The van der Waals surface area contributed by atoms with Crippen LogP contribution in [0.1, 0.15) is 74.1 Å². The van der Waals surface area contributed by atoms with E-state index >= 15 is 0 Å². The Morgan fingerprint density at radius 3 is 1.47 bits per heavy atom. The second-order valence-corrected chi connectivity index (χ2v) is 9.16. The zero-order valence-electron chi connectivity index (χ0n) is 21.3. The molecule has 0 aliphatic carbocycles. The van der Waals surface area contributed by atoms with Crippen molar-refractivity contribution in [2.24, 2.45) is 0 Å². The summed E-state index contributed by atoms with van der Waals surface area (Å²) >= 11 is 0. The second-order valence-electron chi connectivity index (χ2n) is 9.16. The normalized spacial score (nSPS) is 12.9. The zero-order valence-corrected chi connectivity index (χ0v) is 21.3. The lowest BCUT2D eigenvalue weighted by Crippen LogP contribution is -2.18. The van der Waals surface area contributed by atoms with Gasteiger partial charge in [0.1, 0.15) is 11.4 Å². The third-order valence-corrected chi connectivity index (χ3v) is 6.12. The maximum absolute atomic E-state index is 13.4. The van der Waals surface area contributed by atoms with Crippen molar-refractivity contribution in [1.29, 1.82) is 0 Å². The number of fused-ring (bicyclic) bond motifs is 2. The number of carbonyl (C=O) groups is 2. The largest absolute Gasteiger partial charge is 0.459 e. The van der Waals surface area contributed by atoms with E-state index < -0.39 is 11.9 Å². The fourth-order valence-corrected chi connectivity index (χ4v) is 4.33. The van der Waals surface area contributed by atoms with Gasteiger partial charge in [-0.3, -0.25) is 0 Å². The lowest BCUT2D eigenvalue weighted by atomic mass is 10.0. The maximum atomic E-state index is 13.4. The Kier molecular flexibility index (Phi) is 7.93. The lowest BCUT2D eigenvalue weighted by molar-refractivity contribution is 0.0311. The fraction of sp³-hybridized carbons (Fsp3) is 0.333. The molecule has 2 atom stereocenters. The number of hydrogen-bond donors (Lipinski definition) is 0. The van der Waals surface area contributed by atoms with E-state index in [-0.39, 0.29) is 23.3 Å². The topological polar surface area (TPSA) is 78.4 Å². The van der Waals surface area contributed by atoms with Crippen molar-refractivity contribution in [3.05, 3.63) is 71.8 Å². The van der Waals surface area contributed by atoms with Gasteiger partial charge in [0.2, 0.25) is 0 Å². The molecule has 0 N–H and O–H groups in total. The van der Waals surface area contributed by atoms with E-state index in [1.165, 1.54) is 0 Å². The van der Waals surface area contributed by atoms with Crippen LogP contribution in [-0.4, -0.2) is 34.1 Å². The Balaban J connectivity index is 1.92. The molecular formula is C30H32N2O4. The molecule has 2 heterocycles. The summed E-state index contributed by atoms with van der Waals surface area (Å²) in [6.45, 7) is 7.84. The first-order valence-electron chi connectivity index (χ1n) is 12.6. The molecule has 0 spiro atoms. The van der Waals surface area contributed by atoms with Crippen LogP contribution in [0.3, 0.4) is 0 Å². The molecule has 2 aromatic heterocycles. The van der Waals surface area contributed by atoms with Crippen LogP contribution in [-0.2, 0) is 9.47 Å². The number of nitrogens with zero attached hydrogens (tertiary/aromatic N) is 2. The molecule has 0 aliphatic heterocycles. The number of esters is 2. The van der Waals surface area contributed by atoms with E-state index in [0.717, 1.165) is 36.5 Å². The average molecular weight is 485 g/mol. The van der Waals surface area contributed by atoms with E-state index in [4.69, 9.17) is 19.4 Å². The first-order chi connectivity index (χ1) is 17.4. The van der Waals surface area contributed by atoms with E-state index in [1.54, 1.807) is 12.1 Å².